The molecular formula is C17H15N3O3. The molecule has 23 heavy (non-hydrogen) atoms. The maximum absolute atomic E-state index is 11.6. The zero-order valence-corrected chi connectivity index (χ0v) is 12.4. The normalized spacial score (nSPS) is 14.3. The first-order chi connectivity index (χ1) is 11.3. The van der Waals surface area contributed by atoms with Crippen LogP contribution >= 0.6 is 0 Å². The molecule has 4 rings (SSSR count). The number of para-hydroxylation sites is 2. The first-order valence-corrected chi connectivity index (χ1v) is 7.42. The summed E-state index contributed by atoms with van der Waals surface area (Å²) in [5.74, 6) is 0. The molecule has 1 fully saturated rings. The number of amides is 1. The summed E-state index contributed by atoms with van der Waals surface area (Å²) in [4.78, 5) is 17.6. The van der Waals surface area contributed by atoms with Gasteiger partial charge in [0.25, 0.3) is 6.01 Å². The second kappa shape index (κ2) is 5.64. The molecule has 1 amide bonds. The molecule has 6 nitrogen and oxygen atoms in total. The van der Waals surface area contributed by atoms with Gasteiger partial charge in [0, 0.05) is 12.2 Å². The van der Waals surface area contributed by atoms with Crippen LogP contribution in [-0.4, -0.2) is 24.2 Å². The molecule has 1 saturated heterocycles. The van der Waals surface area contributed by atoms with Crippen LogP contribution in [0.15, 0.2) is 52.9 Å². The number of anilines is 2. The number of fused-ring (bicyclic) bond motifs is 1. The molecule has 1 aromatic heterocycles. The summed E-state index contributed by atoms with van der Waals surface area (Å²) in [6.07, 6.45) is -0.297. The second-order valence-corrected chi connectivity index (χ2v) is 5.28. The van der Waals surface area contributed by atoms with Crippen LogP contribution in [-0.2, 0) is 11.3 Å². The lowest BCUT2D eigenvalue weighted by Crippen LogP contribution is -2.23. The molecule has 2 aromatic carbocycles. The van der Waals surface area contributed by atoms with E-state index in [2.05, 4.69) is 10.3 Å². The van der Waals surface area contributed by atoms with E-state index in [0.717, 1.165) is 22.4 Å². The van der Waals surface area contributed by atoms with Crippen molar-refractivity contribution in [1.82, 2.24) is 4.98 Å². The van der Waals surface area contributed by atoms with E-state index in [0.29, 0.717) is 25.7 Å². The van der Waals surface area contributed by atoms with E-state index in [1.165, 1.54) is 0 Å². The number of ether oxygens (including phenoxy) is 1. The van der Waals surface area contributed by atoms with Crippen molar-refractivity contribution in [2.75, 3.05) is 23.4 Å². The minimum Gasteiger partial charge on any atom is -0.447 e. The van der Waals surface area contributed by atoms with Gasteiger partial charge in [0.1, 0.15) is 12.1 Å². The largest absolute Gasteiger partial charge is 0.447 e. The fourth-order valence-electron chi connectivity index (χ4n) is 2.59. The number of rotatable bonds is 4. The Labute approximate surface area is 132 Å². The zero-order valence-electron chi connectivity index (χ0n) is 12.4. The lowest BCUT2D eigenvalue weighted by molar-refractivity contribution is 0.181. The highest BCUT2D eigenvalue weighted by molar-refractivity contribution is 5.89. The number of nitrogens with one attached hydrogen (secondary N) is 1. The van der Waals surface area contributed by atoms with Crippen molar-refractivity contribution in [2.45, 2.75) is 6.54 Å². The molecule has 0 saturated carbocycles. The Morgan fingerprint density at radius 3 is 2.91 bits per heavy atom. The average molecular weight is 309 g/mol. The SMILES string of the molecule is O=C1OCCN1c1cccc(CNc2nc3ccccc3o2)c1. The van der Waals surface area contributed by atoms with Crippen molar-refractivity contribution < 1.29 is 13.9 Å². The first kappa shape index (κ1) is 13.6. The minimum absolute atomic E-state index is 0.297. The Balaban J connectivity index is 1.49. The molecule has 2 heterocycles. The fraction of sp³-hybridized carbons (Fsp3) is 0.176. The van der Waals surface area contributed by atoms with Crippen LogP contribution in [0.5, 0.6) is 0 Å². The smallest absolute Gasteiger partial charge is 0.414 e. The van der Waals surface area contributed by atoms with E-state index in [1.807, 2.05) is 48.5 Å². The molecule has 0 radical (unpaired) electrons. The molecule has 0 aliphatic carbocycles. The van der Waals surface area contributed by atoms with Gasteiger partial charge in [0.05, 0.1) is 6.54 Å². The monoisotopic (exact) mass is 309 g/mol. The van der Waals surface area contributed by atoms with E-state index in [9.17, 15) is 4.79 Å². The Morgan fingerprint density at radius 2 is 2.09 bits per heavy atom. The van der Waals surface area contributed by atoms with Gasteiger partial charge in [0.15, 0.2) is 5.58 Å². The second-order valence-electron chi connectivity index (χ2n) is 5.28. The molecule has 0 spiro atoms. The number of hydrogen-bond donors (Lipinski definition) is 1. The third-order valence-electron chi connectivity index (χ3n) is 3.72. The topological polar surface area (TPSA) is 67.6 Å². The molecule has 1 aliphatic heterocycles. The van der Waals surface area contributed by atoms with Gasteiger partial charge in [-0.25, -0.2) is 4.79 Å². The van der Waals surface area contributed by atoms with Gasteiger partial charge in [-0.3, -0.25) is 4.90 Å². The summed E-state index contributed by atoms with van der Waals surface area (Å²) in [5.41, 5.74) is 3.45. The van der Waals surface area contributed by atoms with Gasteiger partial charge in [-0.05, 0) is 29.8 Å². The summed E-state index contributed by atoms with van der Waals surface area (Å²) < 4.78 is 10.6. The van der Waals surface area contributed by atoms with Crippen molar-refractivity contribution in [3.8, 4) is 0 Å². The predicted molar refractivity (Wildman–Crippen MR) is 86.5 cm³/mol. The lowest BCUT2D eigenvalue weighted by atomic mass is 10.2. The molecular weight excluding hydrogens is 294 g/mol. The fourth-order valence-corrected chi connectivity index (χ4v) is 2.59. The summed E-state index contributed by atoms with van der Waals surface area (Å²) in [6.45, 7) is 1.58. The highest BCUT2D eigenvalue weighted by atomic mass is 16.6. The number of aromatic nitrogens is 1. The number of carbonyl (C=O) groups is 1. The highest BCUT2D eigenvalue weighted by Crippen LogP contribution is 2.22. The molecule has 0 atom stereocenters. The Hall–Kier alpha value is -3.02. The van der Waals surface area contributed by atoms with Crippen LogP contribution in [0.1, 0.15) is 5.56 Å². The van der Waals surface area contributed by atoms with E-state index in [4.69, 9.17) is 9.15 Å². The van der Waals surface area contributed by atoms with Gasteiger partial charge in [-0.2, -0.15) is 4.98 Å². The van der Waals surface area contributed by atoms with Gasteiger partial charge in [0.2, 0.25) is 0 Å². The van der Waals surface area contributed by atoms with E-state index in [1.54, 1.807) is 4.90 Å². The first-order valence-electron chi connectivity index (χ1n) is 7.42. The lowest BCUT2D eigenvalue weighted by Gasteiger charge is -2.13. The number of carbonyl (C=O) groups excluding carboxylic acids is 1. The van der Waals surface area contributed by atoms with Crippen LogP contribution in [0.2, 0.25) is 0 Å². The summed E-state index contributed by atoms with van der Waals surface area (Å²) in [5, 5.41) is 3.17. The Bertz CT molecular complexity index is 826. The third kappa shape index (κ3) is 2.70. The maximum atomic E-state index is 11.6. The van der Waals surface area contributed by atoms with Gasteiger partial charge < -0.3 is 14.5 Å². The van der Waals surface area contributed by atoms with Gasteiger partial charge in [-0.1, -0.05) is 24.3 Å². The van der Waals surface area contributed by atoms with Crippen molar-refractivity contribution in [2.24, 2.45) is 0 Å². The Kier molecular flexibility index (Phi) is 3.34. The molecule has 116 valence electrons. The summed E-state index contributed by atoms with van der Waals surface area (Å²) in [7, 11) is 0. The summed E-state index contributed by atoms with van der Waals surface area (Å²) in [6, 6.07) is 15.9. The minimum atomic E-state index is -0.297. The molecule has 6 heteroatoms. The molecule has 1 aliphatic rings. The van der Waals surface area contributed by atoms with Crippen molar-refractivity contribution in [1.29, 1.82) is 0 Å². The third-order valence-corrected chi connectivity index (χ3v) is 3.72. The Morgan fingerprint density at radius 1 is 1.17 bits per heavy atom. The van der Waals surface area contributed by atoms with Crippen molar-refractivity contribution in [3.05, 3.63) is 54.1 Å². The van der Waals surface area contributed by atoms with E-state index in [-0.39, 0.29) is 6.09 Å². The van der Waals surface area contributed by atoms with Crippen LogP contribution in [0.4, 0.5) is 16.5 Å². The molecule has 0 unspecified atom stereocenters. The standard InChI is InChI=1S/C17H15N3O3/c21-17-20(8-9-22-17)13-5-3-4-12(10-13)11-18-16-19-14-6-1-2-7-15(14)23-16/h1-7,10H,8-9,11H2,(H,18,19). The zero-order chi connectivity index (χ0) is 15.6. The van der Waals surface area contributed by atoms with Crippen LogP contribution in [0.3, 0.4) is 0 Å². The molecule has 1 N–H and O–H groups in total. The van der Waals surface area contributed by atoms with Crippen LogP contribution < -0.4 is 10.2 Å². The average Bonchev–Trinajstić information content (AvgIpc) is 3.18. The number of hydrogen-bond acceptors (Lipinski definition) is 5. The number of benzene rings is 2. The van der Waals surface area contributed by atoms with Crippen molar-refractivity contribution in [3.63, 3.8) is 0 Å². The van der Waals surface area contributed by atoms with Gasteiger partial charge in [-0.15, -0.1) is 0 Å². The number of oxazole rings is 1. The summed E-state index contributed by atoms with van der Waals surface area (Å²) >= 11 is 0. The van der Waals surface area contributed by atoms with E-state index >= 15 is 0 Å². The molecule has 0 bridgehead atoms. The molecule has 3 aromatic rings. The highest BCUT2D eigenvalue weighted by Gasteiger charge is 2.23. The van der Waals surface area contributed by atoms with Crippen LogP contribution in [0, 0.1) is 0 Å². The maximum Gasteiger partial charge on any atom is 0.414 e. The predicted octanol–water partition coefficient (Wildman–Crippen LogP) is 3.40. The quantitative estimate of drug-likeness (QED) is 0.800. The number of nitrogens with zero attached hydrogens (tertiary/aromatic N) is 2. The van der Waals surface area contributed by atoms with Crippen LogP contribution in [0.25, 0.3) is 11.1 Å². The number of cyclic esters (lactones) is 1. The van der Waals surface area contributed by atoms with Crippen molar-refractivity contribution >= 4 is 28.9 Å². The van der Waals surface area contributed by atoms with E-state index < -0.39 is 0 Å². The van der Waals surface area contributed by atoms with Gasteiger partial charge >= 0.3 is 6.09 Å².